The first kappa shape index (κ1) is 33.0. The van der Waals surface area contributed by atoms with Gasteiger partial charge in [0.2, 0.25) is 5.89 Å². The summed E-state index contributed by atoms with van der Waals surface area (Å²) < 4.78 is 10.8. The molecule has 0 bridgehead atoms. The quantitative estimate of drug-likeness (QED) is 0.169. The maximum Gasteiger partial charge on any atom is 0.227 e. The van der Waals surface area contributed by atoms with E-state index >= 15 is 0 Å². The predicted molar refractivity (Wildman–Crippen MR) is 238 cm³/mol. The summed E-state index contributed by atoms with van der Waals surface area (Å²) in [5, 5.41) is 4.83. The number of para-hydroxylation sites is 4. The van der Waals surface area contributed by atoms with Crippen LogP contribution in [-0.2, 0) is 0 Å². The van der Waals surface area contributed by atoms with Gasteiger partial charge in [0, 0.05) is 55.2 Å². The molecule has 12 aromatic rings. The number of hydrogen-bond donors (Lipinski definition) is 0. The summed E-state index contributed by atoms with van der Waals surface area (Å²) in [7, 11) is 0. The van der Waals surface area contributed by atoms with Crippen LogP contribution in [0.5, 0.6) is 0 Å². The van der Waals surface area contributed by atoms with Gasteiger partial charge in [0.15, 0.2) is 23.1 Å². The molecule has 4 heterocycles. The standard InChI is InChI=1S/C52H32N6O/c1-2-14-33(15-3-1)52-53-43-32-36(28-29-48(43)59-52)51-55-49(34-16-12-18-37(30-34)57-44-24-8-4-20-39(44)40-21-5-9-25-45(40)57)54-50(56-51)35-17-13-19-38(31-35)58-46-26-10-6-22-41(46)42-23-7-11-27-47(42)58/h1-32H. The second-order valence-electron chi connectivity index (χ2n) is 14.7. The van der Waals surface area contributed by atoms with Crippen LogP contribution in [0.15, 0.2) is 199 Å². The molecule has 12 rings (SSSR count). The zero-order valence-corrected chi connectivity index (χ0v) is 31.6. The Morgan fingerprint density at radius 3 is 1.20 bits per heavy atom. The molecule has 0 aliphatic heterocycles. The summed E-state index contributed by atoms with van der Waals surface area (Å²) >= 11 is 0. The highest BCUT2D eigenvalue weighted by molar-refractivity contribution is 6.10. The smallest absolute Gasteiger partial charge is 0.227 e. The van der Waals surface area contributed by atoms with Crippen LogP contribution in [0.4, 0.5) is 0 Å². The van der Waals surface area contributed by atoms with Crippen LogP contribution in [0, 0.1) is 0 Å². The molecule has 0 amide bonds. The molecule has 0 aliphatic rings. The van der Waals surface area contributed by atoms with Gasteiger partial charge in [-0.25, -0.2) is 19.9 Å². The van der Waals surface area contributed by atoms with Gasteiger partial charge in [-0.05, 0) is 78.9 Å². The lowest BCUT2D eigenvalue weighted by Gasteiger charge is -2.12. The maximum atomic E-state index is 6.18. The number of rotatable bonds is 6. The van der Waals surface area contributed by atoms with E-state index in [0.29, 0.717) is 28.9 Å². The van der Waals surface area contributed by atoms with Crippen molar-refractivity contribution in [3.63, 3.8) is 0 Å². The molecule has 8 aromatic carbocycles. The SMILES string of the molecule is c1ccc(-c2nc3cc(-c4nc(-c5cccc(-n6c7ccccc7c7ccccc76)c5)nc(-c5cccc(-n6c7ccccc7c7ccccc76)c5)n4)ccc3o2)cc1. The number of nitrogens with zero attached hydrogens (tertiary/aromatic N) is 6. The Morgan fingerprint density at radius 2 is 0.729 bits per heavy atom. The second kappa shape index (κ2) is 13.2. The van der Waals surface area contributed by atoms with Crippen LogP contribution in [0.25, 0.3) is 112 Å². The molecule has 276 valence electrons. The van der Waals surface area contributed by atoms with Crippen LogP contribution in [0.2, 0.25) is 0 Å². The Morgan fingerprint density at radius 1 is 0.322 bits per heavy atom. The highest BCUT2D eigenvalue weighted by Gasteiger charge is 2.18. The van der Waals surface area contributed by atoms with Gasteiger partial charge in [-0.15, -0.1) is 0 Å². The molecule has 59 heavy (non-hydrogen) atoms. The first-order chi connectivity index (χ1) is 29.2. The van der Waals surface area contributed by atoms with Crippen LogP contribution < -0.4 is 0 Å². The first-order valence-corrected chi connectivity index (χ1v) is 19.6. The number of fused-ring (bicyclic) bond motifs is 7. The predicted octanol–water partition coefficient (Wildman–Crippen LogP) is 12.9. The lowest BCUT2D eigenvalue weighted by Crippen LogP contribution is -2.02. The van der Waals surface area contributed by atoms with E-state index in [4.69, 9.17) is 24.4 Å². The number of aromatic nitrogens is 6. The third-order valence-electron chi connectivity index (χ3n) is 11.2. The Labute approximate surface area is 338 Å². The minimum Gasteiger partial charge on any atom is -0.436 e. The molecule has 4 aromatic heterocycles. The van der Waals surface area contributed by atoms with Gasteiger partial charge in [-0.1, -0.05) is 115 Å². The van der Waals surface area contributed by atoms with Crippen molar-refractivity contribution in [2.24, 2.45) is 0 Å². The summed E-state index contributed by atoms with van der Waals surface area (Å²) in [5.74, 6) is 2.25. The summed E-state index contributed by atoms with van der Waals surface area (Å²) in [5.41, 5.74) is 11.5. The Balaban J connectivity index is 1.04. The van der Waals surface area contributed by atoms with Gasteiger partial charge in [0.1, 0.15) is 5.52 Å². The van der Waals surface area contributed by atoms with Crippen molar-refractivity contribution in [2.45, 2.75) is 0 Å². The molecule has 0 N–H and O–H groups in total. The average molecular weight is 757 g/mol. The molecule has 7 nitrogen and oxygen atoms in total. The minimum absolute atomic E-state index is 0.542. The molecular formula is C52H32N6O. The molecule has 0 radical (unpaired) electrons. The zero-order chi connectivity index (χ0) is 38.9. The largest absolute Gasteiger partial charge is 0.436 e. The Bertz CT molecular complexity index is 3300. The minimum atomic E-state index is 0.542. The summed E-state index contributed by atoms with van der Waals surface area (Å²) in [6, 6.07) is 67.0. The third-order valence-corrected chi connectivity index (χ3v) is 11.2. The van der Waals surface area contributed by atoms with Crippen molar-refractivity contribution in [2.75, 3.05) is 0 Å². The van der Waals surface area contributed by atoms with Crippen molar-refractivity contribution in [3.8, 4) is 57.0 Å². The van der Waals surface area contributed by atoms with Crippen LogP contribution in [0.3, 0.4) is 0 Å². The van der Waals surface area contributed by atoms with E-state index in [2.05, 4.69) is 155 Å². The second-order valence-corrected chi connectivity index (χ2v) is 14.7. The summed E-state index contributed by atoms with van der Waals surface area (Å²) in [6.45, 7) is 0. The maximum absolute atomic E-state index is 6.18. The zero-order valence-electron chi connectivity index (χ0n) is 31.6. The molecule has 0 saturated heterocycles. The molecular weight excluding hydrogens is 725 g/mol. The van der Waals surface area contributed by atoms with Crippen molar-refractivity contribution in [1.29, 1.82) is 0 Å². The number of hydrogen-bond acceptors (Lipinski definition) is 5. The van der Waals surface area contributed by atoms with Crippen LogP contribution >= 0.6 is 0 Å². The van der Waals surface area contributed by atoms with Crippen LogP contribution in [-0.4, -0.2) is 29.1 Å². The van der Waals surface area contributed by atoms with Gasteiger partial charge in [-0.2, -0.15) is 0 Å². The lowest BCUT2D eigenvalue weighted by molar-refractivity contribution is 0.620. The number of oxazole rings is 1. The van der Waals surface area contributed by atoms with Crippen molar-refractivity contribution >= 4 is 54.7 Å². The molecule has 0 unspecified atom stereocenters. The Hall–Kier alpha value is -8.16. The fourth-order valence-electron chi connectivity index (χ4n) is 8.50. The topological polar surface area (TPSA) is 74.6 Å². The fourth-order valence-corrected chi connectivity index (χ4v) is 8.50. The van der Waals surface area contributed by atoms with Gasteiger partial charge < -0.3 is 13.6 Å². The van der Waals surface area contributed by atoms with E-state index in [9.17, 15) is 0 Å². The first-order valence-electron chi connectivity index (χ1n) is 19.6. The van der Waals surface area contributed by atoms with Gasteiger partial charge >= 0.3 is 0 Å². The molecule has 0 atom stereocenters. The molecule has 0 aliphatic carbocycles. The monoisotopic (exact) mass is 756 g/mol. The van der Waals surface area contributed by atoms with Gasteiger partial charge in [0.25, 0.3) is 0 Å². The highest BCUT2D eigenvalue weighted by atomic mass is 16.3. The van der Waals surface area contributed by atoms with Crippen molar-refractivity contribution < 1.29 is 4.42 Å². The Kier molecular flexibility index (Phi) is 7.40. The fraction of sp³-hybridized carbons (Fsp3) is 0. The van der Waals surface area contributed by atoms with E-state index in [0.717, 1.165) is 61.2 Å². The van der Waals surface area contributed by atoms with Gasteiger partial charge in [-0.3, -0.25) is 0 Å². The highest BCUT2D eigenvalue weighted by Crippen LogP contribution is 2.36. The third kappa shape index (κ3) is 5.44. The summed E-state index contributed by atoms with van der Waals surface area (Å²) in [4.78, 5) is 20.4. The van der Waals surface area contributed by atoms with Crippen molar-refractivity contribution in [3.05, 3.63) is 194 Å². The van der Waals surface area contributed by atoms with E-state index in [1.165, 1.54) is 21.5 Å². The van der Waals surface area contributed by atoms with E-state index in [1.54, 1.807) is 0 Å². The van der Waals surface area contributed by atoms with E-state index in [-0.39, 0.29) is 0 Å². The van der Waals surface area contributed by atoms with Crippen molar-refractivity contribution in [1.82, 2.24) is 29.1 Å². The normalized spacial score (nSPS) is 11.7. The van der Waals surface area contributed by atoms with Gasteiger partial charge in [0.05, 0.1) is 22.1 Å². The average Bonchev–Trinajstić information content (AvgIpc) is 3.99. The van der Waals surface area contributed by atoms with E-state index < -0.39 is 0 Å². The lowest BCUT2D eigenvalue weighted by atomic mass is 10.1. The number of benzene rings is 8. The molecule has 0 fully saturated rings. The van der Waals surface area contributed by atoms with Crippen LogP contribution in [0.1, 0.15) is 0 Å². The van der Waals surface area contributed by atoms with E-state index in [1.807, 2.05) is 48.5 Å². The molecule has 0 spiro atoms. The summed E-state index contributed by atoms with van der Waals surface area (Å²) in [6.07, 6.45) is 0. The molecule has 7 heteroatoms. The molecule has 0 saturated carbocycles.